The fourth-order valence-electron chi connectivity index (χ4n) is 5.50. The van der Waals surface area contributed by atoms with E-state index in [9.17, 15) is 4.79 Å². The molecule has 7 heteroatoms. The molecule has 0 radical (unpaired) electrons. The van der Waals surface area contributed by atoms with Gasteiger partial charge in [0.1, 0.15) is 6.10 Å². The molecule has 36 heavy (non-hydrogen) atoms. The Morgan fingerprint density at radius 3 is 2.50 bits per heavy atom. The first-order valence-electron chi connectivity index (χ1n) is 13.6. The fraction of sp³-hybridized carbons (Fsp3) is 0.690. The molecule has 1 aliphatic carbocycles. The standard InChI is InChI=1S/C29H43N3O4/c1-29(2,3)24-7-9-25(10-8-24)36-28-30-19-23-18-21(6-11-26(23)31-28)20-32-14-12-22(13-15-32)27(33)35-17-5-16-34-4/h6,11,18-19,22,24-25H,5,7-10,12-17,20H2,1-4H3/t24-,25-. The zero-order valence-corrected chi connectivity index (χ0v) is 22.5. The molecule has 1 aliphatic heterocycles. The molecule has 1 saturated heterocycles. The Bertz CT molecular complexity index is 990. The molecule has 4 rings (SSSR count). The number of methoxy groups -OCH3 is 1. The summed E-state index contributed by atoms with van der Waals surface area (Å²) in [6.07, 6.45) is 9.10. The molecule has 2 heterocycles. The zero-order chi connectivity index (χ0) is 25.5. The monoisotopic (exact) mass is 497 g/mol. The maximum atomic E-state index is 12.3. The second-order valence-corrected chi connectivity index (χ2v) is 11.6. The van der Waals surface area contributed by atoms with Crippen LogP contribution in [-0.2, 0) is 20.8 Å². The number of likely N-dealkylation sites (tertiary alicyclic amines) is 1. The van der Waals surface area contributed by atoms with Gasteiger partial charge < -0.3 is 14.2 Å². The summed E-state index contributed by atoms with van der Waals surface area (Å²) in [5.41, 5.74) is 2.52. The van der Waals surface area contributed by atoms with Crippen molar-refractivity contribution in [2.75, 3.05) is 33.4 Å². The van der Waals surface area contributed by atoms with Crippen LogP contribution in [0.1, 0.15) is 71.3 Å². The number of hydrogen-bond donors (Lipinski definition) is 0. The Hall–Kier alpha value is -2.25. The minimum atomic E-state index is -0.0612. The predicted molar refractivity (Wildman–Crippen MR) is 141 cm³/mol. The number of hydrogen-bond acceptors (Lipinski definition) is 7. The van der Waals surface area contributed by atoms with Crippen molar-refractivity contribution >= 4 is 16.9 Å². The van der Waals surface area contributed by atoms with Crippen LogP contribution in [0.25, 0.3) is 10.9 Å². The first kappa shape index (κ1) is 26.8. The molecule has 2 aromatic rings. The van der Waals surface area contributed by atoms with Crippen molar-refractivity contribution in [3.63, 3.8) is 0 Å². The van der Waals surface area contributed by atoms with Gasteiger partial charge in [0, 0.05) is 38.3 Å². The number of fused-ring (bicyclic) bond motifs is 1. The SMILES string of the molecule is COCCCOC(=O)C1CCN(Cc2ccc3nc(O[C@H]4CC[C@H](C(C)(C)C)CC4)ncc3c2)CC1. The Kier molecular flexibility index (Phi) is 9.18. The molecule has 7 nitrogen and oxygen atoms in total. The van der Waals surface area contributed by atoms with Crippen molar-refractivity contribution in [3.8, 4) is 6.01 Å². The highest BCUT2D eigenvalue weighted by atomic mass is 16.5. The topological polar surface area (TPSA) is 73.8 Å². The van der Waals surface area contributed by atoms with Gasteiger partial charge in [-0.2, -0.15) is 4.98 Å². The van der Waals surface area contributed by atoms with E-state index in [1.807, 2.05) is 6.20 Å². The molecule has 1 aromatic heterocycles. The van der Waals surface area contributed by atoms with Gasteiger partial charge in [-0.15, -0.1) is 0 Å². The summed E-state index contributed by atoms with van der Waals surface area (Å²) < 4.78 is 16.6. The van der Waals surface area contributed by atoms with E-state index in [0.717, 1.165) is 68.6 Å². The smallest absolute Gasteiger partial charge is 0.317 e. The van der Waals surface area contributed by atoms with Gasteiger partial charge in [0.2, 0.25) is 0 Å². The largest absolute Gasteiger partial charge is 0.465 e. The van der Waals surface area contributed by atoms with Crippen molar-refractivity contribution in [2.45, 2.75) is 78.4 Å². The van der Waals surface area contributed by atoms with Crippen LogP contribution in [0.2, 0.25) is 0 Å². The maximum Gasteiger partial charge on any atom is 0.317 e. The quantitative estimate of drug-likeness (QED) is 0.339. The van der Waals surface area contributed by atoms with E-state index in [2.05, 4.69) is 53.8 Å². The van der Waals surface area contributed by atoms with Gasteiger partial charge in [-0.05, 0) is 80.6 Å². The van der Waals surface area contributed by atoms with E-state index in [1.54, 1.807) is 7.11 Å². The van der Waals surface area contributed by atoms with Crippen molar-refractivity contribution in [2.24, 2.45) is 17.3 Å². The summed E-state index contributed by atoms with van der Waals surface area (Å²) in [4.78, 5) is 23.9. The Balaban J connectivity index is 1.25. The van der Waals surface area contributed by atoms with Crippen LogP contribution in [0.4, 0.5) is 0 Å². The van der Waals surface area contributed by atoms with E-state index < -0.39 is 0 Å². The van der Waals surface area contributed by atoms with Gasteiger partial charge in [0.25, 0.3) is 0 Å². The molecule has 0 atom stereocenters. The second-order valence-electron chi connectivity index (χ2n) is 11.6. The summed E-state index contributed by atoms with van der Waals surface area (Å²) in [5.74, 6) is 0.712. The third-order valence-corrected chi connectivity index (χ3v) is 7.86. The summed E-state index contributed by atoms with van der Waals surface area (Å²) >= 11 is 0. The minimum absolute atomic E-state index is 0.00994. The lowest BCUT2D eigenvalue weighted by molar-refractivity contribution is -0.150. The molecule has 2 aliphatic rings. The fourth-order valence-corrected chi connectivity index (χ4v) is 5.50. The van der Waals surface area contributed by atoms with Crippen LogP contribution >= 0.6 is 0 Å². The average molecular weight is 498 g/mol. The molecule has 1 aromatic carbocycles. The number of carbonyl (C=O) groups is 1. The molecular weight excluding hydrogens is 454 g/mol. The maximum absolute atomic E-state index is 12.3. The molecule has 2 fully saturated rings. The summed E-state index contributed by atoms with van der Waals surface area (Å²) in [6.45, 7) is 10.7. The van der Waals surface area contributed by atoms with Gasteiger partial charge in [0.15, 0.2) is 0 Å². The van der Waals surface area contributed by atoms with Crippen LogP contribution in [0.3, 0.4) is 0 Å². The van der Waals surface area contributed by atoms with E-state index in [0.29, 0.717) is 24.6 Å². The van der Waals surface area contributed by atoms with Gasteiger partial charge in [-0.25, -0.2) is 4.98 Å². The second kappa shape index (κ2) is 12.3. The van der Waals surface area contributed by atoms with Crippen LogP contribution < -0.4 is 4.74 Å². The lowest BCUT2D eigenvalue weighted by atomic mass is 9.72. The third-order valence-electron chi connectivity index (χ3n) is 7.86. The molecule has 0 unspecified atom stereocenters. The number of ether oxygens (including phenoxy) is 3. The van der Waals surface area contributed by atoms with Crippen molar-refractivity contribution in [3.05, 3.63) is 30.0 Å². The number of carbonyl (C=O) groups excluding carboxylic acids is 1. The average Bonchev–Trinajstić information content (AvgIpc) is 2.87. The van der Waals surface area contributed by atoms with Crippen LogP contribution in [0.5, 0.6) is 6.01 Å². The Morgan fingerprint density at radius 1 is 1.06 bits per heavy atom. The van der Waals surface area contributed by atoms with Crippen molar-refractivity contribution < 1.29 is 19.0 Å². The van der Waals surface area contributed by atoms with Gasteiger partial charge in [-0.1, -0.05) is 26.8 Å². The van der Waals surface area contributed by atoms with Gasteiger partial charge in [0.05, 0.1) is 18.0 Å². The normalized spacial score (nSPS) is 22.0. The van der Waals surface area contributed by atoms with E-state index in [1.165, 1.54) is 18.4 Å². The molecular formula is C29H43N3O4. The lowest BCUT2D eigenvalue weighted by Gasteiger charge is -2.36. The number of benzene rings is 1. The number of esters is 1. The predicted octanol–water partition coefficient (Wildman–Crippen LogP) is 5.41. The van der Waals surface area contributed by atoms with E-state index in [-0.39, 0.29) is 18.0 Å². The minimum Gasteiger partial charge on any atom is -0.465 e. The number of aromatic nitrogens is 2. The first-order valence-corrected chi connectivity index (χ1v) is 13.6. The van der Waals surface area contributed by atoms with Gasteiger partial charge in [-0.3, -0.25) is 9.69 Å². The highest BCUT2D eigenvalue weighted by Gasteiger charge is 2.31. The summed E-state index contributed by atoms with van der Waals surface area (Å²) in [6, 6.07) is 6.87. The summed E-state index contributed by atoms with van der Waals surface area (Å²) in [5, 5.41) is 1.03. The third kappa shape index (κ3) is 7.39. The lowest BCUT2D eigenvalue weighted by Crippen LogP contribution is -2.36. The van der Waals surface area contributed by atoms with Crippen molar-refractivity contribution in [1.29, 1.82) is 0 Å². The Morgan fingerprint density at radius 2 is 1.81 bits per heavy atom. The molecule has 0 bridgehead atoms. The molecule has 198 valence electrons. The van der Waals surface area contributed by atoms with E-state index >= 15 is 0 Å². The Labute approximate surface area is 215 Å². The van der Waals surface area contributed by atoms with Crippen LogP contribution in [-0.4, -0.2) is 60.4 Å². The zero-order valence-electron chi connectivity index (χ0n) is 22.5. The molecule has 0 spiro atoms. The first-order chi connectivity index (χ1) is 17.3. The van der Waals surface area contributed by atoms with Gasteiger partial charge >= 0.3 is 12.0 Å². The number of piperidine rings is 1. The number of nitrogens with zero attached hydrogens (tertiary/aromatic N) is 3. The number of rotatable bonds is 9. The van der Waals surface area contributed by atoms with Crippen LogP contribution in [0.15, 0.2) is 24.4 Å². The molecule has 1 saturated carbocycles. The molecule has 0 N–H and O–H groups in total. The highest BCUT2D eigenvalue weighted by Crippen LogP contribution is 2.38. The van der Waals surface area contributed by atoms with Crippen molar-refractivity contribution in [1.82, 2.24) is 14.9 Å². The van der Waals surface area contributed by atoms with Crippen LogP contribution in [0, 0.1) is 17.3 Å². The summed E-state index contributed by atoms with van der Waals surface area (Å²) in [7, 11) is 1.66. The molecule has 0 amide bonds. The van der Waals surface area contributed by atoms with E-state index in [4.69, 9.17) is 14.2 Å². The highest BCUT2D eigenvalue weighted by molar-refractivity contribution is 5.78.